The highest BCUT2D eigenvalue weighted by molar-refractivity contribution is 7.92. The van der Waals surface area contributed by atoms with Crippen molar-refractivity contribution in [2.75, 3.05) is 12.5 Å². The molecule has 1 atom stereocenters. The number of nitrogens with zero attached hydrogens (tertiary/aromatic N) is 1. The fourth-order valence-electron chi connectivity index (χ4n) is 0.289. The van der Waals surface area contributed by atoms with Crippen LogP contribution in [0.1, 0.15) is 6.92 Å². The molecule has 60 valence electrons. The lowest BCUT2D eigenvalue weighted by molar-refractivity contribution is -0.117. The second-order valence-corrected chi connectivity index (χ2v) is 5.43. The summed E-state index contributed by atoms with van der Waals surface area (Å²) in [5, 5.41) is -0.680. The summed E-state index contributed by atoms with van der Waals surface area (Å²) in [6.07, 6.45) is 2.79. The Kier molecular flexibility index (Phi) is 3.31. The molecule has 0 saturated carbocycles. The van der Waals surface area contributed by atoms with Gasteiger partial charge in [-0.15, -0.1) is 11.6 Å². The summed E-state index contributed by atoms with van der Waals surface area (Å²) >= 11 is 5.37. The normalized spacial score (nSPS) is 14.4. The third-order valence-electron chi connectivity index (χ3n) is 0.650. The largest absolute Gasteiger partial charge is 0.271 e. The maximum Gasteiger partial charge on any atom is 0.271 e. The molecular formula is C5H10ClNO2S. The van der Waals surface area contributed by atoms with Crippen molar-refractivity contribution in [2.24, 2.45) is 4.36 Å². The van der Waals surface area contributed by atoms with Crippen LogP contribution in [0, 0.1) is 0 Å². The van der Waals surface area contributed by atoms with Gasteiger partial charge >= 0.3 is 0 Å². The zero-order chi connectivity index (χ0) is 8.36. The first kappa shape index (κ1) is 9.91. The van der Waals surface area contributed by atoms with Crippen molar-refractivity contribution >= 4 is 27.2 Å². The van der Waals surface area contributed by atoms with Crippen LogP contribution < -0.4 is 0 Å². The zero-order valence-electron chi connectivity index (χ0n) is 6.13. The molecule has 3 nitrogen and oxygen atoms in total. The van der Waals surface area contributed by atoms with Crippen molar-refractivity contribution in [1.82, 2.24) is 0 Å². The number of rotatable bonds is 1. The van der Waals surface area contributed by atoms with Crippen LogP contribution in [-0.4, -0.2) is 28.0 Å². The second kappa shape index (κ2) is 3.34. The van der Waals surface area contributed by atoms with Crippen LogP contribution in [0.3, 0.4) is 0 Å². The molecule has 0 spiro atoms. The minimum atomic E-state index is -2.33. The molecule has 10 heavy (non-hydrogen) atoms. The van der Waals surface area contributed by atoms with E-state index in [1.54, 1.807) is 0 Å². The van der Waals surface area contributed by atoms with Gasteiger partial charge in [0.25, 0.3) is 5.91 Å². The summed E-state index contributed by atoms with van der Waals surface area (Å²) < 4.78 is 14.2. The maximum absolute atomic E-state index is 10.9. The lowest BCUT2D eigenvalue weighted by Gasteiger charge is -1.95. The van der Waals surface area contributed by atoms with E-state index in [-0.39, 0.29) is 0 Å². The Morgan fingerprint density at radius 2 is 2.00 bits per heavy atom. The van der Waals surface area contributed by atoms with Crippen LogP contribution in [0.15, 0.2) is 4.36 Å². The first-order valence-electron chi connectivity index (χ1n) is 2.68. The molecule has 0 bridgehead atoms. The van der Waals surface area contributed by atoms with Gasteiger partial charge in [0, 0.05) is 22.2 Å². The highest BCUT2D eigenvalue weighted by Crippen LogP contribution is 1.98. The number of carbonyl (C=O) groups is 1. The van der Waals surface area contributed by atoms with Gasteiger partial charge in [-0.05, 0) is 6.92 Å². The third-order valence-corrected chi connectivity index (χ3v) is 1.46. The first-order chi connectivity index (χ1) is 4.33. The van der Waals surface area contributed by atoms with Crippen molar-refractivity contribution in [3.8, 4) is 0 Å². The van der Waals surface area contributed by atoms with E-state index >= 15 is 0 Å². The monoisotopic (exact) mass is 183 g/mol. The number of hydrogen-bond donors (Lipinski definition) is 0. The molecule has 0 aliphatic carbocycles. The molecule has 0 aliphatic heterocycles. The maximum atomic E-state index is 10.9. The van der Waals surface area contributed by atoms with E-state index in [2.05, 4.69) is 4.36 Å². The first-order valence-corrected chi connectivity index (χ1v) is 5.45. The quantitative estimate of drug-likeness (QED) is 0.567. The van der Waals surface area contributed by atoms with E-state index in [1.807, 2.05) is 0 Å². The van der Waals surface area contributed by atoms with Gasteiger partial charge in [-0.1, -0.05) is 0 Å². The molecule has 0 heterocycles. The predicted octanol–water partition coefficient (Wildman–Crippen LogP) is 0.868. The molecule has 0 aliphatic rings. The molecule has 0 saturated heterocycles. The predicted molar refractivity (Wildman–Crippen MR) is 42.7 cm³/mol. The number of halogens is 1. The number of carbonyl (C=O) groups excluding carboxylic acids is 1. The van der Waals surface area contributed by atoms with Crippen molar-refractivity contribution in [1.29, 1.82) is 0 Å². The average molecular weight is 184 g/mol. The molecule has 1 amide bonds. The number of hydrogen-bond acceptors (Lipinski definition) is 2. The van der Waals surface area contributed by atoms with Gasteiger partial charge in [0.15, 0.2) is 0 Å². The second-order valence-electron chi connectivity index (χ2n) is 2.23. The van der Waals surface area contributed by atoms with Crippen LogP contribution in [0.5, 0.6) is 0 Å². The summed E-state index contributed by atoms with van der Waals surface area (Å²) in [4.78, 5) is 10.7. The van der Waals surface area contributed by atoms with Gasteiger partial charge in [0.1, 0.15) is 5.38 Å². The average Bonchev–Trinajstić information content (AvgIpc) is 1.60. The van der Waals surface area contributed by atoms with Crippen LogP contribution in [-0.2, 0) is 14.5 Å². The van der Waals surface area contributed by atoms with Crippen LogP contribution in [0.25, 0.3) is 0 Å². The summed E-state index contributed by atoms with van der Waals surface area (Å²) in [5.41, 5.74) is 0. The van der Waals surface area contributed by atoms with E-state index in [0.717, 1.165) is 0 Å². The highest BCUT2D eigenvalue weighted by Gasteiger charge is 2.08. The minimum absolute atomic E-state index is 0.517. The smallest absolute Gasteiger partial charge is 0.270 e. The summed E-state index contributed by atoms with van der Waals surface area (Å²) in [7, 11) is -2.33. The van der Waals surface area contributed by atoms with Gasteiger partial charge in [-0.3, -0.25) is 4.79 Å². The minimum Gasteiger partial charge on any atom is -0.270 e. The fraction of sp³-hybridized carbons (Fsp3) is 0.800. The van der Waals surface area contributed by atoms with E-state index in [9.17, 15) is 9.00 Å². The molecule has 0 aromatic rings. The van der Waals surface area contributed by atoms with Gasteiger partial charge in [-0.25, -0.2) is 4.21 Å². The van der Waals surface area contributed by atoms with Crippen molar-refractivity contribution < 1.29 is 9.00 Å². The standard InChI is InChI=1S/C5H10ClNO2S/c1-4(6)5(8)7-10(2,3)9/h4H,1-3H3. The zero-order valence-corrected chi connectivity index (χ0v) is 7.70. The van der Waals surface area contributed by atoms with E-state index in [0.29, 0.717) is 0 Å². The Morgan fingerprint density at radius 1 is 1.60 bits per heavy atom. The molecule has 1 unspecified atom stereocenters. The topological polar surface area (TPSA) is 46.5 Å². The van der Waals surface area contributed by atoms with Crippen molar-refractivity contribution in [3.05, 3.63) is 0 Å². The van der Waals surface area contributed by atoms with Gasteiger partial charge in [0.2, 0.25) is 0 Å². The summed E-state index contributed by atoms with van der Waals surface area (Å²) in [6.45, 7) is 1.50. The Balaban J connectivity index is 4.46. The Bertz CT molecular complexity index is 232. The van der Waals surface area contributed by atoms with Gasteiger partial charge in [0.05, 0.1) is 0 Å². The van der Waals surface area contributed by atoms with Crippen molar-refractivity contribution in [3.63, 3.8) is 0 Å². The Morgan fingerprint density at radius 3 is 2.10 bits per heavy atom. The van der Waals surface area contributed by atoms with Crippen LogP contribution in [0.4, 0.5) is 0 Å². The van der Waals surface area contributed by atoms with E-state index in [4.69, 9.17) is 11.6 Å². The SMILES string of the molecule is CC(Cl)C(=O)N=S(C)(C)=O. The molecule has 0 fully saturated rings. The molecule has 0 aromatic heterocycles. The van der Waals surface area contributed by atoms with E-state index < -0.39 is 21.0 Å². The van der Waals surface area contributed by atoms with Crippen LogP contribution >= 0.6 is 11.6 Å². The van der Waals surface area contributed by atoms with Gasteiger partial charge < -0.3 is 0 Å². The number of amides is 1. The third kappa shape index (κ3) is 4.76. The summed E-state index contributed by atoms with van der Waals surface area (Å²) in [5.74, 6) is -0.517. The fourth-order valence-corrected chi connectivity index (χ4v) is 0.987. The Hall–Kier alpha value is -0.0900. The lowest BCUT2D eigenvalue weighted by atomic mass is 10.5. The summed E-state index contributed by atoms with van der Waals surface area (Å²) in [6, 6.07) is 0. The molecular weight excluding hydrogens is 174 g/mol. The highest BCUT2D eigenvalue weighted by atomic mass is 35.5. The van der Waals surface area contributed by atoms with Crippen molar-refractivity contribution in [2.45, 2.75) is 12.3 Å². The molecule has 0 N–H and O–H groups in total. The van der Waals surface area contributed by atoms with Gasteiger partial charge in [-0.2, -0.15) is 4.36 Å². The lowest BCUT2D eigenvalue weighted by Crippen LogP contribution is -2.09. The molecule has 0 rings (SSSR count). The van der Waals surface area contributed by atoms with Crippen LogP contribution in [0.2, 0.25) is 0 Å². The molecule has 5 heteroatoms. The molecule has 0 aromatic carbocycles. The number of alkyl halides is 1. The van der Waals surface area contributed by atoms with E-state index in [1.165, 1.54) is 19.4 Å². The molecule has 0 radical (unpaired) electrons. The Labute approximate surface area is 65.9 Å².